The molecular formula is C13H9N3OS. The number of carbonyl (C=O) groups is 1. The van der Waals surface area contributed by atoms with Crippen molar-refractivity contribution in [2.75, 3.05) is 5.32 Å². The summed E-state index contributed by atoms with van der Waals surface area (Å²) in [6.45, 7) is 0. The highest BCUT2D eigenvalue weighted by Crippen LogP contribution is 2.21. The molecule has 0 aliphatic rings. The number of amides is 1. The fourth-order valence-corrected chi connectivity index (χ4v) is 2.24. The van der Waals surface area contributed by atoms with Crippen LogP contribution in [-0.2, 0) is 0 Å². The molecule has 1 heterocycles. The molecule has 2 aromatic carbocycles. The predicted octanol–water partition coefficient (Wildman–Crippen LogP) is 2.94. The standard InChI is InChI=1S/C13H9N3OS/c17-13(9-5-2-1-3-6-9)14-10-7-4-8-11-12(10)16-18-15-11/h1-8H,(H,14,17). The largest absolute Gasteiger partial charge is 0.320 e. The van der Waals surface area contributed by atoms with Crippen LogP contribution in [0.4, 0.5) is 5.69 Å². The minimum Gasteiger partial charge on any atom is -0.320 e. The first-order chi connectivity index (χ1) is 8.84. The van der Waals surface area contributed by atoms with Crippen LogP contribution in [-0.4, -0.2) is 14.7 Å². The number of fused-ring (bicyclic) bond motifs is 1. The van der Waals surface area contributed by atoms with Gasteiger partial charge in [-0.15, -0.1) is 0 Å². The van der Waals surface area contributed by atoms with E-state index in [0.29, 0.717) is 11.3 Å². The van der Waals surface area contributed by atoms with Gasteiger partial charge in [0.1, 0.15) is 11.0 Å². The molecule has 3 aromatic rings. The number of anilines is 1. The van der Waals surface area contributed by atoms with Crippen molar-refractivity contribution < 1.29 is 4.79 Å². The summed E-state index contributed by atoms with van der Waals surface area (Å²) in [5, 5.41) is 2.85. The van der Waals surface area contributed by atoms with Crippen molar-refractivity contribution in [3.05, 3.63) is 54.1 Å². The molecule has 1 amide bonds. The quantitative estimate of drug-likeness (QED) is 0.766. The van der Waals surface area contributed by atoms with E-state index in [4.69, 9.17) is 0 Å². The minimum absolute atomic E-state index is 0.142. The van der Waals surface area contributed by atoms with Gasteiger partial charge in [-0.1, -0.05) is 24.3 Å². The Morgan fingerprint density at radius 2 is 1.83 bits per heavy atom. The van der Waals surface area contributed by atoms with E-state index in [2.05, 4.69) is 14.1 Å². The topological polar surface area (TPSA) is 54.9 Å². The molecule has 0 atom stereocenters. The minimum atomic E-state index is -0.142. The fourth-order valence-electron chi connectivity index (χ4n) is 1.69. The van der Waals surface area contributed by atoms with Gasteiger partial charge in [-0.25, -0.2) is 0 Å². The monoisotopic (exact) mass is 255 g/mol. The first kappa shape index (κ1) is 10.9. The number of aromatic nitrogens is 2. The van der Waals surface area contributed by atoms with E-state index in [1.807, 2.05) is 36.4 Å². The van der Waals surface area contributed by atoms with Crippen LogP contribution in [0, 0.1) is 0 Å². The third-order valence-corrected chi connectivity index (χ3v) is 3.11. The van der Waals surface area contributed by atoms with Gasteiger partial charge in [0.05, 0.1) is 17.4 Å². The highest BCUT2D eigenvalue weighted by atomic mass is 32.1. The average Bonchev–Trinajstić information content (AvgIpc) is 2.89. The van der Waals surface area contributed by atoms with Crippen molar-refractivity contribution in [2.45, 2.75) is 0 Å². The molecular weight excluding hydrogens is 246 g/mol. The predicted molar refractivity (Wildman–Crippen MR) is 71.8 cm³/mol. The summed E-state index contributed by atoms with van der Waals surface area (Å²) in [4.78, 5) is 12.0. The van der Waals surface area contributed by atoms with E-state index in [1.165, 1.54) is 0 Å². The molecule has 0 fully saturated rings. The normalized spacial score (nSPS) is 10.4. The lowest BCUT2D eigenvalue weighted by Gasteiger charge is -2.05. The lowest BCUT2D eigenvalue weighted by Crippen LogP contribution is -2.11. The van der Waals surface area contributed by atoms with Crippen molar-refractivity contribution >= 4 is 34.4 Å². The number of hydrogen-bond acceptors (Lipinski definition) is 4. The van der Waals surface area contributed by atoms with Crippen LogP contribution in [0.5, 0.6) is 0 Å². The van der Waals surface area contributed by atoms with Crippen LogP contribution in [0.2, 0.25) is 0 Å². The van der Waals surface area contributed by atoms with Gasteiger partial charge in [0.2, 0.25) is 0 Å². The van der Waals surface area contributed by atoms with Crippen molar-refractivity contribution in [1.29, 1.82) is 0 Å². The van der Waals surface area contributed by atoms with Gasteiger partial charge >= 0.3 is 0 Å². The average molecular weight is 255 g/mol. The smallest absolute Gasteiger partial charge is 0.255 e. The molecule has 88 valence electrons. The molecule has 0 unspecified atom stereocenters. The SMILES string of the molecule is O=C(Nc1cccc2nsnc12)c1ccccc1. The zero-order chi connectivity index (χ0) is 12.4. The summed E-state index contributed by atoms with van der Waals surface area (Å²) in [7, 11) is 0. The Morgan fingerprint density at radius 1 is 1.00 bits per heavy atom. The molecule has 0 saturated carbocycles. The van der Waals surface area contributed by atoms with E-state index in [0.717, 1.165) is 22.8 Å². The Kier molecular flexibility index (Phi) is 2.74. The zero-order valence-electron chi connectivity index (χ0n) is 9.33. The molecule has 0 spiro atoms. The summed E-state index contributed by atoms with van der Waals surface area (Å²) in [5.74, 6) is -0.142. The van der Waals surface area contributed by atoms with Crippen molar-refractivity contribution in [3.63, 3.8) is 0 Å². The third-order valence-electron chi connectivity index (χ3n) is 2.57. The molecule has 0 radical (unpaired) electrons. The summed E-state index contributed by atoms with van der Waals surface area (Å²) in [5.41, 5.74) is 2.84. The van der Waals surface area contributed by atoms with E-state index in [1.54, 1.807) is 12.1 Å². The maximum atomic E-state index is 12.0. The molecule has 0 bridgehead atoms. The summed E-state index contributed by atoms with van der Waals surface area (Å²) in [6, 6.07) is 14.6. The van der Waals surface area contributed by atoms with Crippen molar-refractivity contribution in [1.82, 2.24) is 8.75 Å². The number of nitrogens with zero attached hydrogens (tertiary/aromatic N) is 2. The number of carbonyl (C=O) groups excluding carboxylic acids is 1. The lowest BCUT2D eigenvalue weighted by atomic mass is 10.2. The first-order valence-corrected chi connectivity index (χ1v) is 6.15. The fraction of sp³-hybridized carbons (Fsp3) is 0. The van der Waals surface area contributed by atoms with Gasteiger partial charge in [0, 0.05) is 5.56 Å². The van der Waals surface area contributed by atoms with Crippen molar-refractivity contribution in [2.24, 2.45) is 0 Å². The third kappa shape index (κ3) is 1.96. The van der Waals surface area contributed by atoms with Crippen molar-refractivity contribution in [3.8, 4) is 0 Å². The van der Waals surface area contributed by atoms with Crippen LogP contribution in [0.1, 0.15) is 10.4 Å². The van der Waals surface area contributed by atoms with E-state index in [-0.39, 0.29) is 5.91 Å². The van der Waals surface area contributed by atoms with Gasteiger partial charge in [-0.05, 0) is 24.3 Å². The van der Waals surface area contributed by atoms with Gasteiger partial charge in [-0.2, -0.15) is 8.75 Å². The Hall–Kier alpha value is -2.27. The Morgan fingerprint density at radius 3 is 2.67 bits per heavy atom. The van der Waals surface area contributed by atoms with Crippen LogP contribution >= 0.6 is 11.7 Å². The van der Waals surface area contributed by atoms with Gasteiger partial charge in [0.15, 0.2) is 0 Å². The number of hydrogen-bond donors (Lipinski definition) is 1. The summed E-state index contributed by atoms with van der Waals surface area (Å²) in [6.07, 6.45) is 0. The molecule has 4 nitrogen and oxygen atoms in total. The van der Waals surface area contributed by atoms with Gasteiger partial charge in [0.25, 0.3) is 5.91 Å². The Bertz CT molecular complexity index is 694. The zero-order valence-corrected chi connectivity index (χ0v) is 10.1. The molecule has 18 heavy (non-hydrogen) atoms. The van der Waals surface area contributed by atoms with Crippen LogP contribution in [0.25, 0.3) is 11.0 Å². The lowest BCUT2D eigenvalue weighted by molar-refractivity contribution is 0.102. The second kappa shape index (κ2) is 4.54. The first-order valence-electron chi connectivity index (χ1n) is 5.42. The molecule has 0 aliphatic heterocycles. The molecule has 1 N–H and O–H groups in total. The van der Waals surface area contributed by atoms with Gasteiger partial charge in [-0.3, -0.25) is 4.79 Å². The van der Waals surface area contributed by atoms with E-state index in [9.17, 15) is 4.79 Å². The Labute approximate surface area is 108 Å². The number of rotatable bonds is 2. The number of benzene rings is 2. The van der Waals surface area contributed by atoms with Gasteiger partial charge < -0.3 is 5.32 Å². The van der Waals surface area contributed by atoms with Crippen LogP contribution in [0.3, 0.4) is 0 Å². The Balaban J connectivity index is 1.93. The molecule has 3 rings (SSSR count). The van der Waals surface area contributed by atoms with E-state index >= 15 is 0 Å². The van der Waals surface area contributed by atoms with E-state index < -0.39 is 0 Å². The second-order valence-electron chi connectivity index (χ2n) is 3.76. The second-order valence-corrected chi connectivity index (χ2v) is 4.29. The van der Waals surface area contributed by atoms with Crippen LogP contribution < -0.4 is 5.32 Å². The maximum Gasteiger partial charge on any atom is 0.255 e. The number of nitrogens with one attached hydrogen (secondary N) is 1. The molecule has 0 saturated heterocycles. The summed E-state index contributed by atoms with van der Waals surface area (Å²) < 4.78 is 8.32. The highest BCUT2D eigenvalue weighted by Gasteiger charge is 2.09. The maximum absolute atomic E-state index is 12.0. The molecule has 5 heteroatoms. The summed E-state index contributed by atoms with van der Waals surface area (Å²) >= 11 is 1.14. The highest BCUT2D eigenvalue weighted by molar-refractivity contribution is 7.00. The van der Waals surface area contributed by atoms with Crippen LogP contribution in [0.15, 0.2) is 48.5 Å². The molecule has 0 aliphatic carbocycles. The molecule has 1 aromatic heterocycles.